The van der Waals surface area contributed by atoms with E-state index in [1.54, 1.807) is 0 Å². The molecule has 0 amide bonds. The van der Waals surface area contributed by atoms with Crippen LogP contribution < -0.4 is 4.90 Å². The molecule has 2 aliphatic heterocycles. The minimum absolute atomic E-state index is 0.203. The minimum atomic E-state index is -4.40. The normalized spacial score (nSPS) is 24.0. The first-order valence-corrected chi connectivity index (χ1v) is 10.2. The van der Waals surface area contributed by atoms with Crippen molar-refractivity contribution in [2.24, 2.45) is 0 Å². The van der Waals surface area contributed by atoms with E-state index < -0.39 is 21.7 Å². The van der Waals surface area contributed by atoms with Gasteiger partial charge in [0.1, 0.15) is 0 Å². The molecule has 130 valence electrons. The van der Waals surface area contributed by atoms with E-state index in [9.17, 15) is 21.6 Å². The average Bonchev–Trinajstić information content (AvgIpc) is 2.97. The maximum atomic E-state index is 12.6. The highest BCUT2D eigenvalue weighted by Crippen LogP contribution is 2.34. The van der Waals surface area contributed by atoms with E-state index in [1.165, 1.54) is 0 Å². The molecule has 0 unspecified atom stereocenters. The highest BCUT2D eigenvalue weighted by atomic mass is 32.2. The molecule has 2 saturated heterocycles. The van der Waals surface area contributed by atoms with E-state index in [1.807, 2.05) is 4.90 Å². The molecule has 23 heavy (non-hydrogen) atoms. The zero-order valence-corrected chi connectivity index (χ0v) is 14.1. The van der Waals surface area contributed by atoms with Gasteiger partial charge in [-0.15, -0.1) is 11.3 Å². The molecule has 10 heteroatoms. The van der Waals surface area contributed by atoms with Crippen LogP contribution in [0.2, 0.25) is 0 Å². The van der Waals surface area contributed by atoms with Gasteiger partial charge in [0, 0.05) is 37.6 Å². The van der Waals surface area contributed by atoms with Crippen molar-refractivity contribution in [2.75, 3.05) is 42.6 Å². The van der Waals surface area contributed by atoms with Crippen molar-refractivity contribution in [3.8, 4) is 0 Å². The molecule has 3 rings (SSSR count). The van der Waals surface area contributed by atoms with Gasteiger partial charge in [-0.25, -0.2) is 13.4 Å². The summed E-state index contributed by atoms with van der Waals surface area (Å²) in [4.78, 5) is 7.77. The number of rotatable bonds is 2. The SMILES string of the molecule is O=S1(=O)CCN(C2CCN(c3nc(C(F)(F)F)cs3)CC2)CC1. The summed E-state index contributed by atoms with van der Waals surface area (Å²) in [7, 11) is -2.89. The van der Waals surface area contributed by atoms with Crippen molar-refractivity contribution in [3.05, 3.63) is 11.1 Å². The predicted octanol–water partition coefficient (Wildman–Crippen LogP) is 1.86. The summed E-state index contributed by atoms with van der Waals surface area (Å²) in [5, 5.41) is 1.47. The van der Waals surface area contributed by atoms with Gasteiger partial charge in [-0.3, -0.25) is 4.90 Å². The first-order chi connectivity index (χ1) is 10.7. The number of alkyl halides is 3. The van der Waals surface area contributed by atoms with Crippen LogP contribution in [0.3, 0.4) is 0 Å². The van der Waals surface area contributed by atoms with Gasteiger partial charge < -0.3 is 4.90 Å². The van der Waals surface area contributed by atoms with Gasteiger partial charge >= 0.3 is 6.18 Å². The molecule has 0 aliphatic carbocycles. The Bertz CT molecular complexity index is 638. The summed E-state index contributed by atoms with van der Waals surface area (Å²) in [5.74, 6) is 0.406. The van der Waals surface area contributed by atoms with Gasteiger partial charge in [0.15, 0.2) is 20.7 Å². The lowest BCUT2D eigenvalue weighted by Crippen LogP contribution is -2.50. The van der Waals surface area contributed by atoms with Gasteiger partial charge in [0.25, 0.3) is 0 Å². The number of hydrogen-bond acceptors (Lipinski definition) is 6. The molecule has 0 radical (unpaired) electrons. The quantitative estimate of drug-likeness (QED) is 0.797. The zero-order chi connectivity index (χ0) is 16.7. The molecule has 1 aromatic heterocycles. The maximum Gasteiger partial charge on any atom is 0.434 e. The van der Waals surface area contributed by atoms with Crippen molar-refractivity contribution in [2.45, 2.75) is 25.1 Å². The highest BCUT2D eigenvalue weighted by Gasteiger charge is 2.35. The smallest absolute Gasteiger partial charge is 0.348 e. The Morgan fingerprint density at radius 1 is 1.13 bits per heavy atom. The fourth-order valence-corrected chi connectivity index (χ4v) is 5.17. The molecule has 0 spiro atoms. The summed E-state index contributed by atoms with van der Waals surface area (Å²) >= 11 is 1.02. The number of hydrogen-bond donors (Lipinski definition) is 0. The van der Waals surface area contributed by atoms with E-state index in [-0.39, 0.29) is 11.5 Å². The molecule has 2 fully saturated rings. The lowest BCUT2D eigenvalue weighted by atomic mass is 10.0. The summed E-state index contributed by atoms with van der Waals surface area (Å²) in [6.07, 6.45) is -2.76. The third-order valence-electron chi connectivity index (χ3n) is 4.41. The molecule has 1 aromatic rings. The zero-order valence-electron chi connectivity index (χ0n) is 12.4. The van der Waals surface area contributed by atoms with Crippen LogP contribution in [0.25, 0.3) is 0 Å². The van der Waals surface area contributed by atoms with E-state index >= 15 is 0 Å². The number of thiazole rings is 1. The minimum Gasteiger partial charge on any atom is -0.348 e. The largest absolute Gasteiger partial charge is 0.434 e. The van der Waals surface area contributed by atoms with Gasteiger partial charge in [0.2, 0.25) is 0 Å². The number of halogens is 3. The molecule has 2 aliphatic rings. The van der Waals surface area contributed by atoms with Crippen LogP contribution in [0, 0.1) is 0 Å². The van der Waals surface area contributed by atoms with E-state index in [4.69, 9.17) is 0 Å². The molecule has 0 N–H and O–H groups in total. The van der Waals surface area contributed by atoms with Crippen molar-refractivity contribution >= 4 is 26.3 Å². The van der Waals surface area contributed by atoms with Crippen molar-refractivity contribution < 1.29 is 21.6 Å². The average molecular weight is 369 g/mol. The molecule has 0 bridgehead atoms. The Labute approximate surface area is 137 Å². The number of nitrogens with zero attached hydrogens (tertiary/aromatic N) is 3. The lowest BCUT2D eigenvalue weighted by Gasteiger charge is -2.39. The molecule has 0 saturated carbocycles. The Balaban J connectivity index is 1.55. The summed E-state index contributed by atoms with van der Waals surface area (Å²) in [5.41, 5.74) is -0.833. The Hall–Kier alpha value is -0.870. The Kier molecular flexibility index (Phi) is 4.58. The van der Waals surface area contributed by atoms with Crippen molar-refractivity contribution in [1.82, 2.24) is 9.88 Å². The van der Waals surface area contributed by atoms with Crippen LogP contribution in [0.15, 0.2) is 5.38 Å². The number of piperidine rings is 1. The summed E-state index contributed by atoms with van der Waals surface area (Å²) < 4.78 is 60.7. The van der Waals surface area contributed by atoms with E-state index in [2.05, 4.69) is 9.88 Å². The second-order valence-corrected chi connectivity index (χ2v) is 9.06. The van der Waals surface area contributed by atoms with Crippen LogP contribution in [0.1, 0.15) is 18.5 Å². The lowest BCUT2D eigenvalue weighted by molar-refractivity contribution is -0.140. The van der Waals surface area contributed by atoms with Gasteiger partial charge in [-0.2, -0.15) is 13.2 Å². The second kappa shape index (κ2) is 6.21. The first-order valence-electron chi connectivity index (χ1n) is 7.47. The predicted molar refractivity (Wildman–Crippen MR) is 82.6 cm³/mol. The maximum absolute atomic E-state index is 12.6. The van der Waals surface area contributed by atoms with Crippen LogP contribution in [0.5, 0.6) is 0 Å². The van der Waals surface area contributed by atoms with Gasteiger partial charge in [-0.05, 0) is 12.8 Å². The van der Waals surface area contributed by atoms with Crippen LogP contribution in [-0.4, -0.2) is 62.0 Å². The van der Waals surface area contributed by atoms with Crippen LogP contribution in [-0.2, 0) is 16.0 Å². The van der Waals surface area contributed by atoms with Gasteiger partial charge in [-0.1, -0.05) is 0 Å². The topological polar surface area (TPSA) is 53.5 Å². The second-order valence-electron chi connectivity index (χ2n) is 5.92. The number of sulfone groups is 1. The Morgan fingerprint density at radius 2 is 1.74 bits per heavy atom. The fourth-order valence-electron chi connectivity index (χ4n) is 3.05. The monoisotopic (exact) mass is 369 g/mol. The molecule has 3 heterocycles. The summed E-state index contributed by atoms with van der Waals surface area (Å²) in [6.45, 7) is 2.42. The van der Waals surface area contributed by atoms with Crippen LogP contribution >= 0.6 is 11.3 Å². The third-order valence-corrected chi connectivity index (χ3v) is 6.92. The van der Waals surface area contributed by atoms with Crippen molar-refractivity contribution in [3.63, 3.8) is 0 Å². The highest BCUT2D eigenvalue weighted by molar-refractivity contribution is 7.91. The molecule has 0 atom stereocenters. The van der Waals surface area contributed by atoms with E-state index in [0.29, 0.717) is 37.4 Å². The van der Waals surface area contributed by atoms with Gasteiger partial charge in [0.05, 0.1) is 11.5 Å². The third kappa shape index (κ3) is 3.97. The van der Waals surface area contributed by atoms with Crippen LogP contribution in [0.4, 0.5) is 18.3 Å². The molecule has 0 aromatic carbocycles. The molecule has 5 nitrogen and oxygen atoms in total. The standard InChI is InChI=1S/C13H18F3N3O2S2/c14-13(15,16)11-9-22-12(17-11)19-3-1-10(2-4-19)18-5-7-23(20,21)8-6-18/h9-10H,1-8H2. The van der Waals surface area contributed by atoms with E-state index in [0.717, 1.165) is 29.6 Å². The van der Waals surface area contributed by atoms with Crippen molar-refractivity contribution in [1.29, 1.82) is 0 Å². The number of anilines is 1. The molecular formula is C13H18F3N3O2S2. The molecular weight excluding hydrogens is 351 g/mol. The number of aromatic nitrogens is 1. The first kappa shape index (κ1) is 17.0. The summed E-state index contributed by atoms with van der Waals surface area (Å²) in [6, 6.07) is 0.309. The fraction of sp³-hybridized carbons (Fsp3) is 0.769. The Morgan fingerprint density at radius 3 is 2.26 bits per heavy atom.